The van der Waals surface area contributed by atoms with Gasteiger partial charge in [0, 0.05) is 19.5 Å². The maximum atomic E-state index is 11.2. The van der Waals surface area contributed by atoms with Gasteiger partial charge in [0.05, 0.1) is 26.8 Å². The first-order valence-electron chi connectivity index (χ1n) is 11.1. The van der Waals surface area contributed by atoms with Gasteiger partial charge in [-0.25, -0.2) is 0 Å². The molecule has 1 saturated heterocycles. The molecule has 1 aromatic carbocycles. The van der Waals surface area contributed by atoms with Crippen molar-refractivity contribution in [1.29, 1.82) is 0 Å². The lowest BCUT2D eigenvalue weighted by Gasteiger charge is -2.27. The Hall–Kier alpha value is -1.55. The van der Waals surface area contributed by atoms with Crippen molar-refractivity contribution < 1.29 is 14.3 Å². The van der Waals surface area contributed by atoms with Crippen LogP contribution < -0.4 is 15.4 Å². The summed E-state index contributed by atoms with van der Waals surface area (Å²) in [4.78, 5) is 18.6. The minimum Gasteiger partial charge on any atom is -0.497 e. The SMILES string of the molecule is CCNC(=NCC(c1cccc(OC)c1)N1CCCC1)NCCCCCC(=O)OC.I. The zero-order valence-corrected chi connectivity index (χ0v) is 21.5. The molecule has 0 aromatic heterocycles. The second-order valence-electron chi connectivity index (χ2n) is 7.57. The first kappa shape index (κ1) is 27.5. The summed E-state index contributed by atoms with van der Waals surface area (Å²) in [5.41, 5.74) is 1.25. The predicted octanol–water partition coefficient (Wildman–Crippen LogP) is 3.74. The first-order chi connectivity index (χ1) is 14.7. The van der Waals surface area contributed by atoms with Gasteiger partial charge in [0.1, 0.15) is 5.75 Å². The molecule has 2 rings (SSSR count). The number of hydrogen-bond donors (Lipinski definition) is 2. The molecule has 2 N–H and O–H groups in total. The van der Waals surface area contributed by atoms with Crippen LogP contribution in [0, 0.1) is 0 Å². The topological polar surface area (TPSA) is 75.2 Å². The molecular weight excluding hydrogens is 507 g/mol. The number of ether oxygens (including phenoxy) is 2. The van der Waals surface area contributed by atoms with Gasteiger partial charge >= 0.3 is 5.97 Å². The average Bonchev–Trinajstić information content (AvgIpc) is 3.30. The summed E-state index contributed by atoms with van der Waals surface area (Å²) in [5.74, 6) is 1.60. The second-order valence-corrected chi connectivity index (χ2v) is 7.57. The van der Waals surface area contributed by atoms with Crippen molar-refractivity contribution >= 4 is 35.9 Å². The molecule has 1 aliphatic heterocycles. The van der Waals surface area contributed by atoms with E-state index in [9.17, 15) is 4.79 Å². The highest BCUT2D eigenvalue weighted by molar-refractivity contribution is 14.0. The number of nitrogens with one attached hydrogen (secondary N) is 2. The van der Waals surface area contributed by atoms with E-state index in [-0.39, 0.29) is 36.0 Å². The molecule has 7 nitrogen and oxygen atoms in total. The summed E-state index contributed by atoms with van der Waals surface area (Å²) >= 11 is 0. The van der Waals surface area contributed by atoms with Crippen LogP contribution >= 0.6 is 24.0 Å². The lowest BCUT2D eigenvalue weighted by atomic mass is 10.1. The minimum absolute atomic E-state index is 0. The molecule has 0 spiro atoms. The van der Waals surface area contributed by atoms with Crippen molar-refractivity contribution in [2.75, 3.05) is 46.9 Å². The minimum atomic E-state index is -0.136. The largest absolute Gasteiger partial charge is 0.497 e. The van der Waals surface area contributed by atoms with Gasteiger partial charge in [0.2, 0.25) is 0 Å². The highest BCUT2D eigenvalue weighted by atomic mass is 127. The number of carbonyl (C=O) groups is 1. The summed E-state index contributed by atoms with van der Waals surface area (Å²) in [6.07, 6.45) is 5.81. The van der Waals surface area contributed by atoms with Crippen molar-refractivity contribution in [2.24, 2.45) is 4.99 Å². The smallest absolute Gasteiger partial charge is 0.305 e. The fraction of sp³-hybridized carbons (Fsp3) is 0.652. The molecule has 0 saturated carbocycles. The van der Waals surface area contributed by atoms with Gasteiger partial charge in [-0.2, -0.15) is 0 Å². The summed E-state index contributed by atoms with van der Waals surface area (Å²) in [7, 11) is 3.14. The molecule has 1 atom stereocenters. The molecular formula is C23H39IN4O3. The van der Waals surface area contributed by atoms with Gasteiger partial charge in [-0.15, -0.1) is 24.0 Å². The number of hydrogen-bond acceptors (Lipinski definition) is 5. The number of guanidine groups is 1. The summed E-state index contributed by atoms with van der Waals surface area (Å²) in [6, 6.07) is 8.58. The van der Waals surface area contributed by atoms with Crippen molar-refractivity contribution in [3.8, 4) is 5.75 Å². The fourth-order valence-electron chi connectivity index (χ4n) is 3.73. The van der Waals surface area contributed by atoms with E-state index in [0.717, 1.165) is 57.2 Å². The standard InChI is InChI=1S/C23H38N4O3.HI/c1-4-24-23(25-14-7-5-6-13-22(28)30-3)26-18-21(27-15-8-9-16-27)19-11-10-12-20(17-19)29-2;/h10-12,17,21H,4-9,13-16,18H2,1-3H3,(H2,24,25,26);1H. The zero-order valence-electron chi connectivity index (χ0n) is 19.2. The number of unbranched alkanes of at least 4 members (excludes halogenated alkanes) is 2. The fourth-order valence-corrected chi connectivity index (χ4v) is 3.73. The number of methoxy groups -OCH3 is 2. The summed E-state index contributed by atoms with van der Waals surface area (Å²) < 4.78 is 10.1. The third kappa shape index (κ3) is 10.1. The van der Waals surface area contributed by atoms with E-state index in [1.54, 1.807) is 7.11 Å². The average molecular weight is 546 g/mol. The van der Waals surface area contributed by atoms with Crippen LogP contribution in [-0.2, 0) is 9.53 Å². The molecule has 1 aliphatic rings. The van der Waals surface area contributed by atoms with Gasteiger partial charge in [-0.1, -0.05) is 18.6 Å². The molecule has 176 valence electrons. The van der Waals surface area contributed by atoms with Crippen LogP contribution in [0.1, 0.15) is 57.1 Å². The highest BCUT2D eigenvalue weighted by Gasteiger charge is 2.23. The molecule has 0 amide bonds. The lowest BCUT2D eigenvalue weighted by Crippen LogP contribution is -2.38. The molecule has 1 heterocycles. The Kier molecular flexibility index (Phi) is 14.3. The Morgan fingerprint density at radius 2 is 1.94 bits per heavy atom. The Morgan fingerprint density at radius 1 is 1.16 bits per heavy atom. The van der Waals surface area contributed by atoms with Gasteiger partial charge in [-0.05, 0) is 63.4 Å². The lowest BCUT2D eigenvalue weighted by molar-refractivity contribution is -0.140. The normalized spacial score (nSPS) is 15.1. The van der Waals surface area contributed by atoms with Crippen molar-refractivity contribution in [3.05, 3.63) is 29.8 Å². The van der Waals surface area contributed by atoms with E-state index >= 15 is 0 Å². The Labute approximate surface area is 204 Å². The number of nitrogens with zero attached hydrogens (tertiary/aromatic N) is 2. The van der Waals surface area contributed by atoms with E-state index in [4.69, 9.17) is 9.73 Å². The number of esters is 1. The third-order valence-electron chi connectivity index (χ3n) is 5.40. The third-order valence-corrected chi connectivity index (χ3v) is 5.40. The van der Waals surface area contributed by atoms with Crippen molar-refractivity contribution in [2.45, 2.75) is 51.5 Å². The number of likely N-dealkylation sites (tertiary alicyclic amines) is 1. The van der Waals surface area contributed by atoms with Crippen LogP contribution in [0.5, 0.6) is 5.75 Å². The molecule has 8 heteroatoms. The molecule has 1 unspecified atom stereocenters. The van der Waals surface area contributed by atoms with E-state index in [0.29, 0.717) is 13.0 Å². The molecule has 0 bridgehead atoms. The van der Waals surface area contributed by atoms with Crippen LogP contribution in [0.15, 0.2) is 29.3 Å². The van der Waals surface area contributed by atoms with E-state index in [2.05, 4.69) is 45.4 Å². The second kappa shape index (κ2) is 16.1. The Morgan fingerprint density at radius 3 is 2.61 bits per heavy atom. The first-order valence-corrected chi connectivity index (χ1v) is 11.1. The van der Waals surface area contributed by atoms with Crippen LogP contribution in [-0.4, -0.2) is 63.8 Å². The highest BCUT2D eigenvalue weighted by Crippen LogP contribution is 2.27. The van der Waals surface area contributed by atoms with E-state index < -0.39 is 0 Å². The maximum absolute atomic E-state index is 11.2. The zero-order chi connectivity index (χ0) is 21.6. The molecule has 31 heavy (non-hydrogen) atoms. The van der Waals surface area contributed by atoms with Gasteiger partial charge in [0.25, 0.3) is 0 Å². The quantitative estimate of drug-likeness (QED) is 0.137. The van der Waals surface area contributed by atoms with Crippen LogP contribution in [0.25, 0.3) is 0 Å². The summed E-state index contributed by atoms with van der Waals surface area (Å²) in [5, 5.41) is 6.76. The van der Waals surface area contributed by atoms with Crippen LogP contribution in [0.3, 0.4) is 0 Å². The predicted molar refractivity (Wildman–Crippen MR) is 136 cm³/mol. The number of aliphatic imine (C=N–C) groups is 1. The van der Waals surface area contributed by atoms with Crippen molar-refractivity contribution in [3.63, 3.8) is 0 Å². The van der Waals surface area contributed by atoms with Crippen LogP contribution in [0.2, 0.25) is 0 Å². The van der Waals surface area contributed by atoms with Gasteiger partial charge < -0.3 is 20.1 Å². The van der Waals surface area contributed by atoms with Crippen LogP contribution in [0.4, 0.5) is 0 Å². The number of benzene rings is 1. The number of rotatable bonds is 12. The van der Waals surface area contributed by atoms with Crippen molar-refractivity contribution in [1.82, 2.24) is 15.5 Å². The molecule has 1 aromatic rings. The summed E-state index contributed by atoms with van der Waals surface area (Å²) in [6.45, 7) is 6.66. The van der Waals surface area contributed by atoms with E-state index in [1.807, 2.05) is 6.07 Å². The molecule has 0 radical (unpaired) electrons. The van der Waals surface area contributed by atoms with E-state index in [1.165, 1.54) is 25.5 Å². The molecule has 0 aliphatic carbocycles. The van der Waals surface area contributed by atoms with Gasteiger partial charge in [0.15, 0.2) is 5.96 Å². The Bertz CT molecular complexity index is 666. The molecule has 1 fully saturated rings. The Balaban J connectivity index is 0.00000480. The maximum Gasteiger partial charge on any atom is 0.305 e. The monoisotopic (exact) mass is 546 g/mol. The number of carbonyl (C=O) groups excluding carboxylic acids is 1. The number of halogens is 1. The van der Waals surface area contributed by atoms with Gasteiger partial charge in [-0.3, -0.25) is 14.7 Å².